The van der Waals surface area contributed by atoms with Gasteiger partial charge in [-0.15, -0.1) is 0 Å². The second-order valence-corrected chi connectivity index (χ2v) is 6.54. The maximum atomic E-state index is 11.7. The number of carbonyl (C=O) groups excluding carboxylic acids is 1. The van der Waals surface area contributed by atoms with E-state index in [0.29, 0.717) is 13.1 Å². The smallest absolute Gasteiger partial charge is 0.331 e. The molecule has 144 valence electrons. The molecular weight excluding hydrogens is 342 g/mol. The second-order valence-electron chi connectivity index (χ2n) is 6.54. The number of nitrogens with one attached hydrogen (secondary N) is 1. The number of carbonyl (C=O) groups is 2. The average molecular weight is 367 g/mol. The highest BCUT2D eigenvalue weighted by molar-refractivity contribution is 5.87. The molecule has 10 heteroatoms. The molecule has 1 aliphatic carbocycles. The number of nitrogens with zero attached hydrogens (tertiary/aromatic N) is 4. The van der Waals surface area contributed by atoms with Crippen molar-refractivity contribution < 1.29 is 24.5 Å². The minimum atomic E-state index is -1.06. The third-order valence-corrected chi connectivity index (χ3v) is 4.70. The van der Waals surface area contributed by atoms with Crippen molar-refractivity contribution in [3.05, 3.63) is 22.1 Å². The van der Waals surface area contributed by atoms with Gasteiger partial charge in [-0.25, -0.2) is 4.79 Å². The lowest BCUT2D eigenvalue weighted by molar-refractivity contribution is -0.133. The Balaban J connectivity index is 2.28. The number of rotatable bonds is 7. The summed E-state index contributed by atoms with van der Waals surface area (Å²) in [5, 5.41) is 24.9. The van der Waals surface area contributed by atoms with Crippen LogP contribution in [0.2, 0.25) is 0 Å². The van der Waals surface area contributed by atoms with Crippen LogP contribution < -0.4 is 5.32 Å². The molecule has 1 amide bonds. The van der Waals surface area contributed by atoms with Gasteiger partial charge in [0, 0.05) is 30.0 Å². The number of ether oxygens (including phenoxy) is 1. The van der Waals surface area contributed by atoms with Gasteiger partial charge in [-0.3, -0.25) is 9.69 Å². The van der Waals surface area contributed by atoms with E-state index in [9.17, 15) is 14.7 Å². The Morgan fingerprint density at radius 2 is 2.31 bits per heavy atom. The topological polar surface area (TPSA) is 148 Å². The van der Waals surface area contributed by atoms with Crippen LogP contribution in [0.25, 0.3) is 10.4 Å². The molecule has 0 aromatic rings. The van der Waals surface area contributed by atoms with Crippen LogP contribution in [-0.4, -0.2) is 77.5 Å². The number of aliphatic carboxylic acids is 1. The predicted octanol–water partition coefficient (Wildman–Crippen LogP) is 0.427. The van der Waals surface area contributed by atoms with Crippen LogP contribution in [0.5, 0.6) is 0 Å². The van der Waals surface area contributed by atoms with Gasteiger partial charge in [-0.2, -0.15) is 0 Å². The summed E-state index contributed by atoms with van der Waals surface area (Å²) in [5.74, 6) is -1.32. The van der Waals surface area contributed by atoms with Crippen LogP contribution in [0, 0.1) is 0 Å². The van der Waals surface area contributed by atoms with Gasteiger partial charge in [0.25, 0.3) is 0 Å². The zero-order valence-corrected chi connectivity index (χ0v) is 14.7. The minimum Gasteiger partial charge on any atom is -0.478 e. The van der Waals surface area contributed by atoms with E-state index < -0.39 is 24.1 Å². The molecule has 0 aromatic carbocycles. The van der Waals surface area contributed by atoms with Crippen LogP contribution >= 0.6 is 0 Å². The monoisotopic (exact) mass is 367 g/mol. The lowest BCUT2D eigenvalue weighted by atomic mass is 9.85. The van der Waals surface area contributed by atoms with E-state index in [1.165, 1.54) is 6.92 Å². The van der Waals surface area contributed by atoms with Crippen LogP contribution in [0.1, 0.15) is 26.2 Å². The Labute approximate surface area is 151 Å². The van der Waals surface area contributed by atoms with Crippen molar-refractivity contribution in [1.82, 2.24) is 10.2 Å². The third-order valence-electron chi connectivity index (χ3n) is 4.70. The fourth-order valence-electron chi connectivity index (χ4n) is 3.64. The first-order valence-corrected chi connectivity index (χ1v) is 8.68. The molecule has 4 atom stereocenters. The molecule has 1 aliphatic heterocycles. The number of aliphatic hydroxyl groups is 1. The maximum absolute atomic E-state index is 11.7. The van der Waals surface area contributed by atoms with Crippen molar-refractivity contribution in [2.45, 2.75) is 50.4 Å². The molecule has 2 aliphatic rings. The summed E-state index contributed by atoms with van der Waals surface area (Å²) in [6, 6.07) is -1.60. The van der Waals surface area contributed by atoms with E-state index in [2.05, 4.69) is 15.3 Å². The van der Waals surface area contributed by atoms with Crippen molar-refractivity contribution in [1.29, 1.82) is 0 Å². The summed E-state index contributed by atoms with van der Waals surface area (Å²) in [4.78, 5) is 28.0. The summed E-state index contributed by atoms with van der Waals surface area (Å²) in [6.07, 6.45) is 3.33. The Morgan fingerprint density at radius 1 is 1.54 bits per heavy atom. The molecule has 0 spiro atoms. The zero-order valence-electron chi connectivity index (χ0n) is 14.7. The molecule has 26 heavy (non-hydrogen) atoms. The number of azide groups is 1. The van der Waals surface area contributed by atoms with Gasteiger partial charge in [0.15, 0.2) is 0 Å². The second kappa shape index (κ2) is 9.54. The van der Waals surface area contributed by atoms with Gasteiger partial charge >= 0.3 is 5.97 Å². The van der Waals surface area contributed by atoms with E-state index in [1.54, 1.807) is 6.08 Å². The van der Waals surface area contributed by atoms with Gasteiger partial charge in [-0.05, 0) is 31.3 Å². The third kappa shape index (κ3) is 5.18. The average Bonchev–Trinajstić information content (AvgIpc) is 2.61. The highest BCUT2D eigenvalue weighted by atomic mass is 16.5. The zero-order chi connectivity index (χ0) is 19.1. The molecular formula is C16H25N5O5. The number of hydrogen-bond acceptors (Lipinski definition) is 6. The van der Waals surface area contributed by atoms with Gasteiger partial charge in [0.05, 0.1) is 31.4 Å². The van der Waals surface area contributed by atoms with Gasteiger partial charge in [0.2, 0.25) is 5.91 Å². The minimum absolute atomic E-state index is 0.0591. The number of amides is 1. The van der Waals surface area contributed by atoms with Gasteiger partial charge in [0.1, 0.15) is 0 Å². The SMILES string of the molecule is CC(=O)N[C@@H]1[C@@H](N=[N+]=[N-])CC(C(=O)O)=C[C@H]1N1CCC[C@H](OCCO)C1. The molecule has 10 nitrogen and oxygen atoms in total. The first kappa shape index (κ1) is 20.2. The van der Waals surface area contributed by atoms with E-state index in [4.69, 9.17) is 15.4 Å². The molecule has 0 bridgehead atoms. The number of likely N-dealkylation sites (tertiary alicyclic amines) is 1. The fourth-order valence-corrected chi connectivity index (χ4v) is 3.64. The van der Waals surface area contributed by atoms with Crippen LogP contribution in [0.15, 0.2) is 16.8 Å². The quantitative estimate of drug-likeness (QED) is 0.337. The standard InChI is InChI=1S/C16H25N5O5/c1-10(23)18-15-13(19-20-17)7-11(16(24)25)8-14(15)21-4-2-3-12(9-21)26-6-5-22/h8,12-15,22H,2-7,9H2,1H3,(H,18,23)(H,24,25)/t12-,13-,14+,15+/m0/s1. The lowest BCUT2D eigenvalue weighted by Gasteiger charge is -2.44. The lowest BCUT2D eigenvalue weighted by Crippen LogP contribution is -2.59. The number of piperidine rings is 1. The number of hydrogen-bond donors (Lipinski definition) is 3. The molecule has 0 aromatic heterocycles. The summed E-state index contributed by atoms with van der Waals surface area (Å²) >= 11 is 0. The van der Waals surface area contributed by atoms with Crippen molar-refractivity contribution in [2.75, 3.05) is 26.3 Å². The van der Waals surface area contributed by atoms with Crippen LogP contribution in [0.4, 0.5) is 0 Å². The summed E-state index contributed by atoms with van der Waals surface area (Å²) in [5.41, 5.74) is 9.03. The Hall–Kier alpha value is -2.13. The maximum Gasteiger partial charge on any atom is 0.331 e. The summed E-state index contributed by atoms with van der Waals surface area (Å²) < 4.78 is 5.62. The Bertz CT molecular complexity index is 604. The molecule has 3 N–H and O–H groups in total. The molecule has 1 fully saturated rings. The van der Waals surface area contributed by atoms with E-state index in [0.717, 1.165) is 12.8 Å². The molecule has 0 unspecified atom stereocenters. The molecule has 0 radical (unpaired) electrons. The first-order valence-electron chi connectivity index (χ1n) is 8.68. The first-order chi connectivity index (χ1) is 12.5. The normalized spacial score (nSPS) is 29.4. The van der Waals surface area contributed by atoms with Crippen molar-refractivity contribution >= 4 is 11.9 Å². The predicted molar refractivity (Wildman–Crippen MR) is 92.3 cm³/mol. The highest BCUT2D eigenvalue weighted by Crippen LogP contribution is 2.28. The van der Waals surface area contributed by atoms with Crippen molar-refractivity contribution in [3.63, 3.8) is 0 Å². The largest absolute Gasteiger partial charge is 0.478 e. The Morgan fingerprint density at radius 3 is 2.92 bits per heavy atom. The van der Waals surface area contributed by atoms with Gasteiger partial charge in [-0.1, -0.05) is 11.2 Å². The molecule has 0 saturated carbocycles. The fraction of sp³-hybridized carbons (Fsp3) is 0.750. The number of carboxylic acid groups (broad SMARTS) is 1. The Kier molecular flexibility index (Phi) is 7.40. The van der Waals surface area contributed by atoms with Crippen molar-refractivity contribution in [3.8, 4) is 0 Å². The molecule has 1 saturated heterocycles. The number of aliphatic hydroxyl groups excluding tert-OH is 1. The summed E-state index contributed by atoms with van der Waals surface area (Å²) in [7, 11) is 0. The van der Waals surface area contributed by atoms with E-state index in [1.807, 2.05) is 4.90 Å². The molecule has 2 rings (SSSR count). The van der Waals surface area contributed by atoms with Crippen LogP contribution in [-0.2, 0) is 14.3 Å². The van der Waals surface area contributed by atoms with Crippen molar-refractivity contribution in [2.24, 2.45) is 5.11 Å². The molecule has 1 heterocycles. The van der Waals surface area contributed by atoms with Gasteiger partial charge < -0.3 is 20.3 Å². The highest BCUT2D eigenvalue weighted by Gasteiger charge is 2.39. The summed E-state index contributed by atoms with van der Waals surface area (Å²) in [6.45, 7) is 2.83. The number of carboxylic acids is 1. The van der Waals surface area contributed by atoms with E-state index >= 15 is 0 Å². The van der Waals surface area contributed by atoms with Crippen LogP contribution in [0.3, 0.4) is 0 Å². The van der Waals surface area contributed by atoms with E-state index in [-0.39, 0.29) is 37.2 Å².